The third-order valence-electron chi connectivity index (χ3n) is 4.00. The Hall–Kier alpha value is -2.70. The molecule has 1 N–H and O–H groups in total. The highest BCUT2D eigenvalue weighted by atomic mass is 33.1. The first-order chi connectivity index (χ1) is 13.7. The largest absolute Gasteiger partial charge is 0.329 e. The SMILES string of the molecule is C=CCSSC(=O)N(Cc1ccccc1)C(=O)Nc1cccc2ccccc12. The highest BCUT2D eigenvalue weighted by Crippen LogP contribution is 2.27. The van der Waals surface area contributed by atoms with Gasteiger partial charge in [-0.2, -0.15) is 0 Å². The van der Waals surface area contributed by atoms with Crippen LogP contribution in [0, 0.1) is 0 Å². The Kier molecular flexibility index (Phi) is 7.17. The molecule has 0 fully saturated rings. The third-order valence-corrected chi connectivity index (χ3v) is 6.04. The molecule has 142 valence electrons. The molecule has 0 heterocycles. The topological polar surface area (TPSA) is 49.4 Å². The number of nitrogens with zero attached hydrogens (tertiary/aromatic N) is 1. The van der Waals surface area contributed by atoms with Crippen molar-refractivity contribution in [1.82, 2.24) is 4.90 Å². The molecule has 0 spiro atoms. The fourth-order valence-electron chi connectivity index (χ4n) is 2.68. The number of rotatable bonds is 6. The zero-order valence-corrected chi connectivity index (χ0v) is 16.8. The Morgan fingerprint density at radius 2 is 1.68 bits per heavy atom. The Balaban J connectivity index is 1.82. The minimum absolute atomic E-state index is 0.206. The van der Waals surface area contributed by atoms with Gasteiger partial charge in [0, 0.05) is 21.9 Å². The molecule has 3 aromatic carbocycles. The van der Waals surface area contributed by atoms with Crippen molar-refractivity contribution in [2.45, 2.75) is 6.54 Å². The van der Waals surface area contributed by atoms with E-state index in [1.807, 2.05) is 72.8 Å². The smallest absolute Gasteiger partial charge is 0.307 e. The molecule has 0 radical (unpaired) electrons. The van der Waals surface area contributed by atoms with Crippen LogP contribution in [-0.2, 0) is 6.54 Å². The molecule has 0 aliphatic rings. The molecule has 0 aliphatic carbocycles. The number of urea groups is 1. The number of nitrogens with one attached hydrogen (secondary N) is 1. The predicted octanol–water partition coefficient (Wildman–Crippen LogP) is 6.56. The second kappa shape index (κ2) is 10.0. The average Bonchev–Trinajstić information content (AvgIpc) is 2.73. The van der Waals surface area contributed by atoms with Gasteiger partial charge in [-0.15, -0.1) is 6.58 Å². The summed E-state index contributed by atoms with van der Waals surface area (Å²) in [6.45, 7) is 3.86. The first-order valence-corrected chi connectivity index (χ1v) is 11.1. The molecule has 0 aromatic heterocycles. The molecular weight excluding hydrogens is 388 g/mol. The van der Waals surface area contributed by atoms with Crippen LogP contribution in [0.25, 0.3) is 10.8 Å². The molecule has 3 aromatic rings. The van der Waals surface area contributed by atoms with E-state index in [4.69, 9.17) is 0 Å². The molecule has 28 heavy (non-hydrogen) atoms. The Labute approximate surface area is 172 Å². The lowest BCUT2D eigenvalue weighted by Gasteiger charge is -2.21. The summed E-state index contributed by atoms with van der Waals surface area (Å²) < 4.78 is 0. The van der Waals surface area contributed by atoms with Gasteiger partial charge in [-0.05, 0) is 17.0 Å². The van der Waals surface area contributed by atoms with Crippen molar-refractivity contribution < 1.29 is 9.59 Å². The van der Waals surface area contributed by atoms with Crippen molar-refractivity contribution in [3.63, 3.8) is 0 Å². The zero-order valence-electron chi connectivity index (χ0n) is 15.2. The van der Waals surface area contributed by atoms with E-state index in [9.17, 15) is 9.59 Å². The maximum atomic E-state index is 13.0. The van der Waals surface area contributed by atoms with E-state index in [0.717, 1.165) is 27.1 Å². The van der Waals surface area contributed by atoms with Crippen LogP contribution in [0.1, 0.15) is 5.56 Å². The second-order valence-corrected chi connectivity index (χ2v) is 8.24. The zero-order chi connectivity index (χ0) is 19.8. The molecule has 0 aliphatic heterocycles. The van der Waals surface area contributed by atoms with Gasteiger partial charge in [0.15, 0.2) is 0 Å². The summed E-state index contributed by atoms with van der Waals surface area (Å²) in [5, 5.41) is 4.54. The van der Waals surface area contributed by atoms with E-state index < -0.39 is 6.03 Å². The van der Waals surface area contributed by atoms with Crippen LogP contribution in [-0.4, -0.2) is 21.9 Å². The quantitative estimate of drug-likeness (QED) is 0.285. The summed E-state index contributed by atoms with van der Waals surface area (Å²) in [6, 6.07) is 22.5. The van der Waals surface area contributed by atoms with Crippen molar-refractivity contribution in [1.29, 1.82) is 0 Å². The number of carbonyl (C=O) groups is 2. The van der Waals surface area contributed by atoms with Crippen LogP contribution in [0.3, 0.4) is 0 Å². The van der Waals surface area contributed by atoms with Crippen LogP contribution < -0.4 is 5.32 Å². The van der Waals surface area contributed by atoms with Crippen molar-refractivity contribution in [2.24, 2.45) is 0 Å². The minimum Gasteiger partial charge on any atom is -0.307 e. The van der Waals surface area contributed by atoms with Gasteiger partial charge in [-0.1, -0.05) is 83.6 Å². The lowest BCUT2D eigenvalue weighted by atomic mass is 10.1. The van der Waals surface area contributed by atoms with Crippen LogP contribution >= 0.6 is 21.6 Å². The Morgan fingerprint density at radius 3 is 2.46 bits per heavy atom. The first kappa shape index (κ1) is 20.0. The lowest BCUT2D eigenvalue weighted by molar-refractivity contribution is 0.207. The van der Waals surface area contributed by atoms with E-state index >= 15 is 0 Å². The van der Waals surface area contributed by atoms with Gasteiger partial charge in [0.2, 0.25) is 0 Å². The number of hydrogen-bond donors (Lipinski definition) is 1. The fraction of sp³-hybridized carbons (Fsp3) is 0.0909. The van der Waals surface area contributed by atoms with Crippen molar-refractivity contribution in [3.05, 3.63) is 91.0 Å². The molecular formula is C22H20N2O2S2. The van der Waals surface area contributed by atoms with E-state index in [0.29, 0.717) is 11.4 Å². The number of imide groups is 1. The number of carbonyl (C=O) groups excluding carboxylic acids is 2. The fourth-order valence-corrected chi connectivity index (χ4v) is 4.25. The van der Waals surface area contributed by atoms with Gasteiger partial charge in [0.1, 0.15) is 0 Å². The maximum absolute atomic E-state index is 13.0. The van der Waals surface area contributed by atoms with Gasteiger partial charge in [-0.3, -0.25) is 4.79 Å². The number of amides is 3. The average molecular weight is 409 g/mol. The maximum Gasteiger partial charge on any atom is 0.329 e. The third kappa shape index (κ3) is 5.18. The highest BCUT2D eigenvalue weighted by molar-refractivity contribution is 8.82. The summed E-state index contributed by atoms with van der Waals surface area (Å²) in [4.78, 5) is 26.9. The van der Waals surface area contributed by atoms with Crippen LogP contribution in [0.2, 0.25) is 0 Å². The monoisotopic (exact) mass is 408 g/mol. The number of anilines is 1. The highest BCUT2D eigenvalue weighted by Gasteiger charge is 2.23. The van der Waals surface area contributed by atoms with Crippen LogP contribution in [0.4, 0.5) is 15.3 Å². The summed E-state index contributed by atoms with van der Waals surface area (Å²) in [6.07, 6.45) is 1.72. The summed E-state index contributed by atoms with van der Waals surface area (Å²) in [7, 11) is 2.40. The molecule has 0 atom stereocenters. The molecule has 3 amide bonds. The first-order valence-electron chi connectivity index (χ1n) is 8.73. The predicted molar refractivity (Wildman–Crippen MR) is 121 cm³/mol. The molecule has 4 nitrogen and oxygen atoms in total. The van der Waals surface area contributed by atoms with Crippen LogP contribution in [0.5, 0.6) is 0 Å². The van der Waals surface area contributed by atoms with E-state index in [1.165, 1.54) is 15.7 Å². The number of hydrogen-bond acceptors (Lipinski definition) is 4. The molecule has 0 unspecified atom stereocenters. The van der Waals surface area contributed by atoms with E-state index in [2.05, 4.69) is 11.9 Å². The van der Waals surface area contributed by atoms with Gasteiger partial charge >= 0.3 is 11.3 Å². The van der Waals surface area contributed by atoms with Crippen molar-refractivity contribution >= 4 is 49.3 Å². The summed E-state index contributed by atoms with van der Waals surface area (Å²) in [5.41, 5.74) is 1.57. The van der Waals surface area contributed by atoms with Gasteiger partial charge < -0.3 is 5.32 Å². The van der Waals surface area contributed by atoms with E-state index in [-0.39, 0.29) is 11.8 Å². The van der Waals surface area contributed by atoms with Gasteiger partial charge in [0.05, 0.1) is 12.2 Å². The number of fused-ring (bicyclic) bond motifs is 1. The molecule has 0 saturated carbocycles. The Bertz CT molecular complexity index is 971. The lowest BCUT2D eigenvalue weighted by Crippen LogP contribution is -2.37. The van der Waals surface area contributed by atoms with Crippen molar-refractivity contribution in [2.75, 3.05) is 11.1 Å². The summed E-state index contributed by atoms with van der Waals surface area (Å²) in [5.74, 6) is 0.626. The summed E-state index contributed by atoms with van der Waals surface area (Å²) >= 11 is 0. The van der Waals surface area contributed by atoms with Gasteiger partial charge in [0.25, 0.3) is 0 Å². The molecule has 0 saturated heterocycles. The van der Waals surface area contributed by atoms with Crippen molar-refractivity contribution in [3.8, 4) is 0 Å². The second-order valence-electron chi connectivity index (χ2n) is 5.95. The molecule has 6 heteroatoms. The van der Waals surface area contributed by atoms with E-state index in [1.54, 1.807) is 6.08 Å². The normalized spacial score (nSPS) is 10.4. The molecule has 3 rings (SSSR count). The van der Waals surface area contributed by atoms with Gasteiger partial charge in [-0.25, -0.2) is 9.69 Å². The minimum atomic E-state index is -0.447. The standard InChI is InChI=1S/C22H20N2O2S2/c1-2-15-27-28-22(26)24(16-17-9-4-3-5-10-17)21(25)23-20-14-8-12-18-11-6-7-13-19(18)20/h2-14H,1,15-16H2,(H,23,25). The molecule has 0 bridgehead atoms. The Morgan fingerprint density at radius 1 is 0.964 bits per heavy atom. The van der Waals surface area contributed by atoms with Crippen LogP contribution in [0.15, 0.2) is 85.5 Å². The number of benzene rings is 3.